The minimum absolute atomic E-state index is 0.0396. The number of rotatable bonds is 12. The maximum atomic E-state index is 10.9. The van der Waals surface area contributed by atoms with E-state index in [1.54, 1.807) is 0 Å². The standard InChI is InChI=1S/C25H37N3O3/c1-2-3-4-5-6-7-8-9-11-19-14-16-20(17-15-19)23-27-24(31-28-23)21-12-10-13-22(18-21)26-25(29)30/h14-17,21-22,26H,2-13,18H2,1H3,(H,29,30). The maximum Gasteiger partial charge on any atom is 0.404 e. The van der Waals surface area contributed by atoms with Crippen molar-refractivity contribution in [2.45, 2.75) is 102 Å². The number of aromatic nitrogens is 2. The van der Waals surface area contributed by atoms with Crippen LogP contribution in [0.2, 0.25) is 0 Å². The van der Waals surface area contributed by atoms with Crippen molar-refractivity contribution >= 4 is 6.09 Å². The average Bonchev–Trinajstić information content (AvgIpc) is 3.26. The first-order chi connectivity index (χ1) is 15.2. The SMILES string of the molecule is CCCCCCCCCCc1ccc(-c2noc(C3CCCC(NC(=O)O)C3)n2)cc1. The fourth-order valence-electron chi connectivity index (χ4n) is 4.52. The Morgan fingerprint density at radius 3 is 2.48 bits per heavy atom. The molecular formula is C25H37N3O3. The summed E-state index contributed by atoms with van der Waals surface area (Å²) in [5.74, 6) is 1.35. The molecule has 1 aliphatic rings. The summed E-state index contributed by atoms with van der Waals surface area (Å²) in [4.78, 5) is 15.5. The fraction of sp³-hybridized carbons (Fsp3) is 0.640. The highest BCUT2D eigenvalue weighted by Gasteiger charge is 2.28. The first-order valence-electron chi connectivity index (χ1n) is 12.1. The van der Waals surface area contributed by atoms with Gasteiger partial charge in [0, 0.05) is 17.5 Å². The molecule has 0 saturated heterocycles. The Morgan fingerprint density at radius 1 is 1.06 bits per heavy atom. The Balaban J connectivity index is 1.44. The molecule has 6 nitrogen and oxygen atoms in total. The summed E-state index contributed by atoms with van der Waals surface area (Å²) in [5.41, 5.74) is 2.32. The van der Waals surface area contributed by atoms with Crippen LogP contribution >= 0.6 is 0 Å². The number of nitrogens with zero attached hydrogens (tertiary/aromatic N) is 2. The third kappa shape index (κ3) is 7.67. The molecule has 2 unspecified atom stereocenters. The molecule has 2 aromatic rings. The van der Waals surface area contributed by atoms with Gasteiger partial charge in [0.1, 0.15) is 0 Å². The number of carbonyl (C=O) groups is 1. The van der Waals surface area contributed by atoms with Crippen LogP contribution in [0.25, 0.3) is 11.4 Å². The second-order valence-corrected chi connectivity index (χ2v) is 8.89. The van der Waals surface area contributed by atoms with Crippen LogP contribution in [0.5, 0.6) is 0 Å². The van der Waals surface area contributed by atoms with Crippen LogP contribution in [0.15, 0.2) is 28.8 Å². The molecule has 1 fully saturated rings. The molecule has 1 heterocycles. The van der Waals surface area contributed by atoms with Gasteiger partial charge >= 0.3 is 6.09 Å². The van der Waals surface area contributed by atoms with Gasteiger partial charge in [0.25, 0.3) is 0 Å². The van der Waals surface area contributed by atoms with Crippen LogP contribution in [0, 0.1) is 0 Å². The Kier molecular flexibility index (Phi) is 9.38. The number of hydrogen-bond acceptors (Lipinski definition) is 4. The van der Waals surface area contributed by atoms with E-state index in [-0.39, 0.29) is 12.0 Å². The van der Waals surface area contributed by atoms with Crippen molar-refractivity contribution in [2.24, 2.45) is 0 Å². The molecule has 1 aliphatic carbocycles. The van der Waals surface area contributed by atoms with Crippen LogP contribution < -0.4 is 5.32 Å². The lowest BCUT2D eigenvalue weighted by Crippen LogP contribution is -2.37. The topological polar surface area (TPSA) is 88.2 Å². The predicted octanol–water partition coefficient (Wildman–Crippen LogP) is 6.71. The van der Waals surface area contributed by atoms with Crippen molar-refractivity contribution in [2.75, 3.05) is 0 Å². The maximum absolute atomic E-state index is 10.9. The fourth-order valence-corrected chi connectivity index (χ4v) is 4.52. The molecule has 0 spiro atoms. The Bertz CT molecular complexity index is 788. The Labute approximate surface area is 185 Å². The van der Waals surface area contributed by atoms with Crippen molar-refractivity contribution < 1.29 is 14.4 Å². The largest absolute Gasteiger partial charge is 0.465 e. The van der Waals surface area contributed by atoms with Gasteiger partial charge in [-0.05, 0) is 37.7 Å². The first-order valence-corrected chi connectivity index (χ1v) is 12.1. The molecule has 2 atom stereocenters. The Hall–Kier alpha value is -2.37. The van der Waals surface area contributed by atoms with Crippen LogP contribution in [-0.2, 0) is 6.42 Å². The number of carboxylic acid groups (broad SMARTS) is 1. The lowest BCUT2D eigenvalue weighted by atomic mass is 9.85. The van der Waals surface area contributed by atoms with Gasteiger partial charge in [-0.1, -0.05) is 87.7 Å². The third-order valence-electron chi connectivity index (χ3n) is 6.32. The van der Waals surface area contributed by atoms with E-state index < -0.39 is 6.09 Å². The van der Waals surface area contributed by atoms with Gasteiger partial charge in [0.15, 0.2) is 0 Å². The van der Waals surface area contributed by atoms with E-state index in [4.69, 9.17) is 9.63 Å². The molecule has 1 aromatic carbocycles. The van der Waals surface area contributed by atoms with E-state index >= 15 is 0 Å². The molecule has 1 saturated carbocycles. The number of aryl methyl sites for hydroxylation is 1. The number of amides is 1. The molecule has 1 amide bonds. The molecular weight excluding hydrogens is 390 g/mol. The van der Waals surface area contributed by atoms with E-state index in [1.165, 1.54) is 56.9 Å². The van der Waals surface area contributed by atoms with Gasteiger partial charge in [-0.2, -0.15) is 4.98 Å². The van der Waals surface area contributed by atoms with Crippen molar-refractivity contribution in [1.29, 1.82) is 0 Å². The quantitative estimate of drug-likeness (QED) is 0.367. The molecule has 31 heavy (non-hydrogen) atoms. The zero-order valence-electron chi connectivity index (χ0n) is 18.8. The van der Waals surface area contributed by atoms with Crippen molar-refractivity contribution in [3.05, 3.63) is 35.7 Å². The summed E-state index contributed by atoms with van der Waals surface area (Å²) in [6, 6.07) is 8.44. The predicted molar refractivity (Wildman–Crippen MR) is 122 cm³/mol. The van der Waals surface area contributed by atoms with Crippen LogP contribution in [-0.4, -0.2) is 27.4 Å². The van der Waals surface area contributed by atoms with Gasteiger partial charge < -0.3 is 14.9 Å². The minimum Gasteiger partial charge on any atom is -0.465 e. The molecule has 2 N–H and O–H groups in total. The second kappa shape index (κ2) is 12.5. The van der Waals surface area contributed by atoms with E-state index in [0.717, 1.165) is 31.2 Å². The summed E-state index contributed by atoms with van der Waals surface area (Å²) in [7, 11) is 0. The first kappa shape index (κ1) is 23.3. The summed E-state index contributed by atoms with van der Waals surface area (Å²) in [6.45, 7) is 2.26. The van der Waals surface area contributed by atoms with Gasteiger partial charge in [-0.25, -0.2) is 4.79 Å². The van der Waals surface area contributed by atoms with Crippen LogP contribution in [0.4, 0.5) is 4.79 Å². The van der Waals surface area contributed by atoms with Gasteiger partial charge in [0.2, 0.25) is 11.7 Å². The summed E-state index contributed by atoms with van der Waals surface area (Å²) in [6.07, 6.45) is 14.4. The van der Waals surface area contributed by atoms with Crippen molar-refractivity contribution in [1.82, 2.24) is 15.5 Å². The van der Waals surface area contributed by atoms with E-state index in [0.29, 0.717) is 18.1 Å². The van der Waals surface area contributed by atoms with Gasteiger partial charge in [-0.3, -0.25) is 0 Å². The lowest BCUT2D eigenvalue weighted by Gasteiger charge is -2.26. The van der Waals surface area contributed by atoms with E-state index in [9.17, 15) is 4.79 Å². The highest BCUT2D eigenvalue weighted by molar-refractivity contribution is 5.64. The lowest BCUT2D eigenvalue weighted by molar-refractivity contribution is 0.182. The van der Waals surface area contributed by atoms with E-state index in [2.05, 4.69) is 46.6 Å². The smallest absolute Gasteiger partial charge is 0.404 e. The van der Waals surface area contributed by atoms with Gasteiger partial charge in [0.05, 0.1) is 0 Å². The second-order valence-electron chi connectivity index (χ2n) is 8.89. The summed E-state index contributed by atoms with van der Waals surface area (Å²) >= 11 is 0. The number of nitrogens with one attached hydrogen (secondary N) is 1. The highest BCUT2D eigenvalue weighted by atomic mass is 16.5. The van der Waals surface area contributed by atoms with Crippen molar-refractivity contribution in [3.63, 3.8) is 0 Å². The van der Waals surface area contributed by atoms with Gasteiger partial charge in [-0.15, -0.1) is 0 Å². The Morgan fingerprint density at radius 2 is 1.77 bits per heavy atom. The third-order valence-corrected chi connectivity index (χ3v) is 6.32. The zero-order valence-corrected chi connectivity index (χ0v) is 18.8. The average molecular weight is 428 g/mol. The number of benzene rings is 1. The minimum atomic E-state index is -0.969. The van der Waals surface area contributed by atoms with E-state index in [1.807, 2.05) is 0 Å². The van der Waals surface area contributed by atoms with Crippen molar-refractivity contribution in [3.8, 4) is 11.4 Å². The molecule has 0 radical (unpaired) electrons. The normalized spacial score (nSPS) is 18.7. The molecule has 0 aliphatic heterocycles. The number of unbranched alkanes of at least 4 members (excludes halogenated alkanes) is 7. The molecule has 6 heteroatoms. The van der Waals surface area contributed by atoms with Crippen LogP contribution in [0.1, 0.15) is 101 Å². The summed E-state index contributed by atoms with van der Waals surface area (Å²) in [5, 5.41) is 15.7. The molecule has 0 bridgehead atoms. The molecule has 1 aromatic heterocycles. The summed E-state index contributed by atoms with van der Waals surface area (Å²) < 4.78 is 5.53. The zero-order chi connectivity index (χ0) is 21.9. The molecule has 3 rings (SSSR count). The number of hydrogen-bond donors (Lipinski definition) is 2. The van der Waals surface area contributed by atoms with Crippen LogP contribution in [0.3, 0.4) is 0 Å². The molecule has 170 valence electrons. The monoisotopic (exact) mass is 427 g/mol. The highest BCUT2D eigenvalue weighted by Crippen LogP contribution is 2.33.